The van der Waals surface area contributed by atoms with Crippen LogP contribution in [-0.2, 0) is 29.1 Å². The number of hydrogen-bond acceptors (Lipinski definition) is 4. The van der Waals surface area contributed by atoms with Crippen LogP contribution < -0.4 is 11.1 Å². The molecule has 0 heterocycles. The van der Waals surface area contributed by atoms with E-state index in [1.165, 1.54) is 24.3 Å². The second-order valence-electron chi connectivity index (χ2n) is 3.92. The second kappa shape index (κ2) is 8.27. The maximum atomic E-state index is 11.8. The summed E-state index contributed by atoms with van der Waals surface area (Å²) in [5, 5.41) is 19.7. The predicted octanol–water partition coefficient (Wildman–Crippen LogP) is 0.314. The number of rotatable bonds is 6. The Kier molecular flexibility index (Phi) is 7.46. The van der Waals surface area contributed by atoms with E-state index in [1.807, 2.05) is 0 Å². The standard InChI is InChI=1S/C12H14N2O5.Zn/c13-8-3-1-7(2-4-8)11(17)14-9(12(18)19)5-6-10(15)16;/h1-4,9H,5-6,13H2,(H,14,17)(H,15,16)(H,18,19);/t9-;/m0./s1. The largest absolute Gasteiger partial charge is 0.481 e. The van der Waals surface area contributed by atoms with E-state index in [-0.39, 0.29) is 37.9 Å². The molecule has 0 aliphatic carbocycles. The molecule has 20 heavy (non-hydrogen) atoms. The number of carbonyl (C=O) groups excluding carboxylic acids is 1. The molecule has 1 aromatic rings. The maximum absolute atomic E-state index is 11.8. The zero-order valence-corrected chi connectivity index (χ0v) is 13.7. The number of carboxylic acid groups (broad SMARTS) is 2. The van der Waals surface area contributed by atoms with E-state index < -0.39 is 23.9 Å². The molecule has 0 radical (unpaired) electrons. The van der Waals surface area contributed by atoms with E-state index in [9.17, 15) is 14.4 Å². The SMILES string of the molecule is Nc1ccc(C(=O)N[C@@H](CCC(=O)O)C(=O)O)cc1.[Zn]. The molecule has 0 bridgehead atoms. The topological polar surface area (TPSA) is 130 Å². The summed E-state index contributed by atoms with van der Waals surface area (Å²) >= 11 is 0. The van der Waals surface area contributed by atoms with E-state index in [1.54, 1.807) is 0 Å². The molecule has 0 unspecified atom stereocenters. The number of amides is 1. The Morgan fingerprint density at radius 1 is 1.15 bits per heavy atom. The molecular weight excluding hydrogens is 318 g/mol. The van der Waals surface area contributed by atoms with Gasteiger partial charge in [0.2, 0.25) is 0 Å². The molecule has 7 nitrogen and oxygen atoms in total. The fourth-order valence-corrected chi connectivity index (χ4v) is 1.40. The first-order valence-corrected chi connectivity index (χ1v) is 5.51. The van der Waals surface area contributed by atoms with Gasteiger partial charge < -0.3 is 21.3 Å². The summed E-state index contributed by atoms with van der Waals surface area (Å²) in [6.45, 7) is 0. The molecule has 104 valence electrons. The molecule has 1 amide bonds. The zero-order chi connectivity index (χ0) is 14.4. The van der Waals surface area contributed by atoms with Crippen molar-refractivity contribution >= 4 is 23.5 Å². The Morgan fingerprint density at radius 3 is 2.15 bits per heavy atom. The number of carboxylic acids is 2. The Balaban J connectivity index is 0.00000361. The summed E-state index contributed by atoms with van der Waals surface area (Å²) in [7, 11) is 0. The van der Waals surface area contributed by atoms with Crippen molar-refractivity contribution in [3.05, 3.63) is 29.8 Å². The summed E-state index contributed by atoms with van der Waals surface area (Å²) < 4.78 is 0. The summed E-state index contributed by atoms with van der Waals surface area (Å²) in [6, 6.07) is 4.71. The van der Waals surface area contributed by atoms with Gasteiger partial charge in [0.1, 0.15) is 6.04 Å². The van der Waals surface area contributed by atoms with Gasteiger partial charge >= 0.3 is 11.9 Å². The van der Waals surface area contributed by atoms with Gasteiger partial charge in [0.15, 0.2) is 0 Å². The molecule has 0 saturated carbocycles. The van der Waals surface area contributed by atoms with Gasteiger partial charge in [0, 0.05) is 37.1 Å². The van der Waals surface area contributed by atoms with Gasteiger partial charge in [-0.25, -0.2) is 4.79 Å². The predicted molar refractivity (Wildman–Crippen MR) is 66.6 cm³/mol. The number of nitrogens with one attached hydrogen (secondary N) is 1. The van der Waals surface area contributed by atoms with Gasteiger partial charge in [-0.05, 0) is 30.7 Å². The first-order valence-electron chi connectivity index (χ1n) is 5.51. The van der Waals surface area contributed by atoms with Crippen molar-refractivity contribution in [3.63, 3.8) is 0 Å². The average Bonchev–Trinajstić information content (AvgIpc) is 2.34. The molecule has 0 aliphatic heterocycles. The summed E-state index contributed by atoms with van der Waals surface area (Å²) in [6.07, 6.45) is -0.510. The maximum Gasteiger partial charge on any atom is 0.326 e. The summed E-state index contributed by atoms with van der Waals surface area (Å²) in [4.78, 5) is 33.1. The molecule has 0 saturated heterocycles. The van der Waals surface area contributed by atoms with Crippen molar-refractivity contribution in [2.24, 2.45) is 0 Å². The van der Waals surface area contributed by atoms with Gasteiger partial charge in [-0.15, -0.1) is 0 Å². The van der Waals surface area contributed by atoms with Crippen LogP contribution in [0.1, 0.15) is 23.2 Å². The van der Waals surface area contributed by atoms with Crippen molar-refractivity contribution in [2.75, 3.05) is 5.73 Å². The molecule has 1 rings (SSSR count). The first-order chi connectivity index (χ1) is 8.90. The fraction of sp³-hybridized carbons (Fsp3) is 0.250. The molecule has 0 fully saturated rings. The number of benzene rings is 1. The quantitative estimate of drug-likeness (QED) is 0.438. The van der Waals surface area contributed by atoms with Crippen LogP contribution in [0.15, 0.2) is 24.3 Å². The van der Waals surface area contributed by atoms with Crippen LogP contribution in [0.2, 0.25) is 0 Å². The van der Waals surface area contributed by atoms with Crippen molar-refractivity contribution in [1.29, 1.82) is 0 Å². The van der Waals surface area contributed by atoms with Gasteiger partial charge in [-0.2, -0.15) is 0 Å². The van der Waals surface area contributed by atoms with Gasteiger partial charge in [-0.1, -0.05) is 0 Å². The van der Waals surface area contributed by atoms with Crippen LogP contribution >= 0.6 is 0 Å². The molecule has 0 aliphatic rings. The number of hydrogen-bond donors (Lipinski definition) is 4. The van der Waals surface area contributed by atoms with Crippen molar-refractivity contribution < 1.29 is 44.1 Å². The monoisotopic (exact) mass is 330 g/mol. The van der Waals surface area contributed by atoms with Crippen molar-refractivity contribution in [3.8, 4) is 0 Å². The van der Waals surface area contributed by atoms with Gasteiger partial charge in [0.05, 0.1) is 0 Å². The minimum Gasteiger partial charge on any atom is -0.481 e. The molecule has 0 aromatic heterocycles. The van der Waals surface area contributed by atoms with E-state index >= 15 is 0 Å². The number of carbonyl (C=O) groups is 3. The van der Waals surface area contributed by atoms with E-state index in [2.05, 4.69) is 5.32 Å². The van der Waals surface area contributed by atoms with Crippen LogP contribution in [-0.4, -0.2) is 34.1 Å². The van der Waals surface area contributed by atoms with E-state index in [0.29, 0.717) is 5.69 Å². The van der Waals surface area contributed by atoms with E-state index in [4.69, 9.17) is 15.9 Å². The fourth-order valence-electron chi connectivity index (χ4n) is 1.40. The third-order valence-electron chi connectivity index (χ3n) is 2.42. The molecule has 1 aromatic carbocycles. The van der Waals surface area contributed by atoms with Crippen molar-refractivity contribution in [2.45, 2.75) is 18.9 Å². The third kappa shape index (κ3) is 5.80. The Bertz CT molecular complexity index is 489. The molecule has 5 N–H and O–H groups in total. The normalized spacial score (nSPS) is 11.0. The smallest absolute Gasteiger partial charge is 0.326 e. The average molecular weight is 332 g/mol. The molecule has 8 heteroatoms. The number of nitrogen functional groups attached to an aromatic ring is 1. The molecule has 0 spiro atoms. The Morgan fingerprint density at radius 2 is 1.70 bits per heavy atom. The molecule has 1 atom stereocenters. The first kappa shape index (κ1) is 18.1. The van der Waals surface area contributed by atoms with Crippen LogP contribution in [0.5, 0.6) is 0 Å². The zero-order valence-electron chi connectivity index (χ0n) is 10.7. The van der Waals surface area contributed by atoms with Gasteiger partial charge in [0.25, 0.3) is 5.91 Å². The van der Waals surface area contributed by atoms with E-state index in [0.717, 1.165) is 0 Å². The van der Waals surface area contributed by atoms with Crippen LogP contribution in [0, 0.1) is 0 Å². The second-order valence-corrected chi connectivity index (χ2v) is 3.92. The molecular formula is C12H14N2O5Zn. The number of nitrogens with two attached hydrogens (primary N) is 1. The third-order valence-corrected chi connectivity index (χ3v) is 2.42. The van der Waals surface area contributed by atoms with Gasteiger partial charge in [-0.3, -0.25) is 9.59 Å². The van der Waals surface area contributed by atoms with Crippen LogP contribution in [0.4, 0.5) is 5.69 Å². The Labute approximate surface area is 127 Å². The van der Waals surface area contributed by atoms with Crippen molar-refractivity contribution in [1.82, 2.24) is 5.32 Å². The number of anilines is 1. The minimum absolute atomic E-state index is 0. The van der Waals surface area contributed by atoms with Crippen LogP contribution in [0.25, 0.3) is 0 Å². The number of aliphatic carboxylic acids is 2. The summed E-state index contributed by atoms with van der Waals surface area (Å²) in [5.41, 5.74) is 6.21. The van der Waals surface area contributed by atoms with Crippen LogP contribution in [0.3, 0.4) is 0 Å². The minimum atomic E-state index is -1.27. The Hall–Kier alpha value is -1.95. The summed E-state index contributed by atoms with van der Waals surface area (Å²) in [5.74, 6) is -2.98.